The molecule has 1 aromatic heterocycles. The molecule has 2 amide bonds. The summed E-state index contributed by atoms with van der Waals surface area (Å²) in [6.07, 6.45) is 1.64. The number of fused-ring (bicyclic) bond motifs is 1. The van der Waals surface area contributed by atoms with Crippen LogP contribution in [0.1, 0.15) is 53.8 Å². The van der Waals surface area contributed by atoms with Gasteiger partial charge in [-0.05, 0) is 81.1 Å². The van der Waals surface area contributed by atoms with Gasteiger partial charge < -0.3 is 25.1 Å². The molecule has 40 heavy (non-hydrogen) atoms. The summed E-state index contributed by atoms with van der Waals surface area (Å²) in [5.41, 5.74) is 4.63. The first kappa shape index (κ1) is 27.4. The number of hydrogen-bond donors (Lipinski definition) is 3. The average Bonchev–Trinajstić information content (AvgIpc) is 3.55. The number of carbonyl (C=O) groups excluding carboxylic acids is 2. The lowest BCUT2D eigenvalue weighted by Crippen LogP contribution is -2.33. The predicted octanol–water partition coefficient (Wildman–Crippen LogP) is 5.75. The Morgan fingerprint density at radius 1 is 1.00 bits per heavy atom. The molecule has 7 nitrogen and oxygen atoms in total. The van der Waals surface area contributed by atoms with Crippen molar-refractivity contribution in [2.24, 2.45) is 0 Å². The smallest absolute Gasteiger partial charge is 0.255 e. The van der Waals surface area contributed by atoms with E-state index in [2.05, 4.69) is 29.4 Å². The molecule has 3 N–H and O–H groups in total. The number of halogens is 1. The summed E-state index contributed by atoms with van der Waals surface area (Å²) in [5.74, 6) is -0.504. The first-order chi connectivity index (χ1) is 19.3. The number of hydrogen-bond acceptors (Lipinski definition) is 5. The van der Waals surface area contributed by atoms with Crippen LogP contribution in [0.5, 0.6) is 0 Å². The Kier molecular flexibility index (Phi) is 7.89. The molecule has 0 saturated heterocycles. The van der Waals surface area contributed by atoms with Gasteiger partial charge in [0.15, 0.2) is 0 Å². The Balaban J connectivity index is 1.65. The lowest BCUT2D eigenvalue weighted by Gasteiger charge is -2.24. The number of rotatable bonds is 8. The number of amides is 2. The van der Waals surface area contributed by atoms with Gasteiger partial charge in [0.25, 0.3) is 11.8 Å². The van der Waals surface area contributed by atoms with Gasteiger partial charge in [-0.15, -0.1) is 0 Å². The van der Waals surface area contributed by atoms with Crippen molar-refractivity contribution in [2.45, 2.75) is 45.3 Å². The fourth-order valence-electron chi connectivity index (χ4n) is 5.53. The van der Waals surface area contributed by atoms with Crippen molar-refractivity contribution in [1.29, 1.82) is 0 Å². The third-order valence-corrected chi connectivity index (χ3v) is 7.65. The number of aliphatic hydroxyl groups is 1. The normalized spacial score (nSPS) is 16.7. The lowest BCUT2D eigenvalue weighted by molar-refractivity contribution is 0.0931. The Bertz CT molecular complexity index is 1540. The van der Waals surface area contributed by atoms with E-state index in [0.29, 0.717) is 46.3 Å². The molecule has 1 heterocycles. The third-order valence-electron chi connectivity index (χ3n) is 7.65. The minimum Gasteiger partial charge on any atom is -0.455 e. The zero-order chi connectivity index (χ0) is 28.4. The molecular formula is C32H34FN3O4. The number of nitrogens with zero attached hydrogens (tertiary/aromatic N) is 1. The maximum Gasteiger partial charge on any atom is 0.255 e. The minimum absolute atomic E-state index is 0.0420. The molecule has 0 spiro atoms. The van der Waals surface area contributed by atoms with Crippen LogP contribution in [-0.4, -0.2) is 49.2 Å². The number of nitrogens with one attached hydrogen (secondary N) is 2. The van der Waals surface area contributed by atoms with Gasteiger partial charge in [0, 0.05) is 60.0 Å². The van der Waals surface area contributed by atoms with E-state index < -0.39 is 0 Å². The summed E-state index contributed by atoms with van der Waals surface area (Å²) in [7, 11) is 1.56. The maximum atomic E-state index is 13.7. The van der Waals surface area contributed by atoms with Crippen LogP contribution in [0.2, 0.25) is 0 Å². The van der Waals surface area contributed by atoms with E-state index >= 15 is 0 Å². The van der Waals surface area contributed by atoms with E-state index in [1.807, 2.05) is 30.3 Å². The number of carbonyl (C=O) groups is 2. The summed E-state index contributed by atoms with van der Waals surface area (Å²) in [4.78, 5) is 28.4. The van der Waals surface area contributed by atoms with Crippen molar-refractivity contribution in [3.63, 3.8) is 0 Å². The quantitative estimate of drug-likeness (QED) is 0.263. The first-order valence-corrected chi connectivity index (χ1v) is 13.8. The molecule has 3 aromatic carbocycles. The lowest BCUT2D eigenvalue weighted by atomic mass is 9.96. The highest BCUT2D eigenvalue weighted by molar-refractivity contribution is 6.13. The Morgan fingerprint density at radius 3 is 2.40 bits per heavy atom. The molecule has 2 atom stereocenters. The largest absolute Gasteiger partial charge is 0.455 e. The second-order valence-electron chi connectivity index (χ2n) is 10.1. The van der Waals surface area contributed by atoms with Gasteiger partial charge in [-0.1, -0.05) is 12.1 Å². The van der Waals surface area contributed by atoms with E-state index in [-0.39, 0.29) is 29.8 Å². The van der Waals surface area contributed by atoms with E-state index in [4.69, 9.17) is 4.42 Å². The van der Waals surface area contributed by atoms with Crippen LogP contribution in [0.15, 0.2) is 65.1 Å². The van der Waals surface area contributed by atoms with Crippen molar-refractivity contribution in [3.05, 3.63) is 77.6 Å². The molecule has 1 saturated carbocycles. The van der Waals surface area contributed by atoms with E-state index in [1.165, 1.54) is 12.1 Å². The van der Waals surface area contributed by atoms with Crippen molar-refractivity contribution in [3.8, 4) is 22.5 Å². The van der Waals surface area contributed by atoms with Crippen LogP contribution in [0.4, 0.5) is 10.1 Å². The first-order valence-electron chi connectivity index (χ1n) is 13.8. The highest BCUT2D eigenvalue weighted by Gasteiger charge is 2.26. The number of benzene rings is 3. The molecule has 208 valence electrons. The standard InChI is InChI=1S/C32H34FN3O4/c1-4-36(5-2)27-18-28-26(29(32(39)34-3)30(40-28)19-9-11-22(33)12-10-19)17-25(27)20-7-6-8-21(15-20)31(38)35-23-13-14-24(37)16-23/h6-12,15,17-18,23-24,37H,4-5,13-14,16H2,1-3H3,(H,34,39)(H,35,38). The molecule has 4 aromatic rings. The molecule has 1 aliphatic rings. The van der Waals surface area contributed by atoms with Gasteiger partial charge in [-0.2, -0.15) is 0 Å². The van der Waals surface area contributed by atoms with Gasteiger partial charge in [0.05, 0.1) is 11.7 Å². The molecule has 0 radical (unpaired) electrons. The summed E-state index contributed by atoms with van der Waals surface area (Å²) in [6.45, 7) is 5.62. The van der Waals surface area contributed by atoms with Crippen molar-refractivity contribution in [1.82, 2.24) is 10.6 Å². The number of aliphatic hydroxyl groups excluding tert-OH is 1. The zero-order valence-corrected chi connectivity index (χ0v) is 23.0. The maximum absolute atomic E-state index is 13.7. The monoisotopic (exact) mass is 543 g/mol. The van der Waals surface area contributed by atoms with E-state index in [0.717, 1.165) is 36.3 Å². The third kappa shape index (κ3) is 5.31. The predicted molar refractivity (Wildman–Crippen MR) is 155 cm³/mol. The SMILES string of the molecule is CCN(CC)c1cc2oc(-c3ccc(F)cc3)c(C(=O)NC)c2cc1-c1cccc(C(=O)NC2CCC(O)C2)c1. The highest BCUT2D eigenvalue weighted by atomic mass is 19.1. The van der Waals surface area contributed by atoms with Crippen molar-refractivity contribution in [2.75, 3.05) is 25.0 Å². The van der Waals surface area contributed by atoms with Gasteiger partial charge >= 0.3 is 0 Å². The van der Waals surface area contributed by atoms with Crippen molar-refractivity contribution >= 4 is 28.5 Å². The molecule has 0 bridgehead atoms. The van der Waals surface area contributed by atoms with E-state index in [9.17, 15) is 19.1 Å². The second kappa shape index (κ2) is 11.5. The summed E-state index contributed by atoms with van der Waals surface area (Å²) in [6, 6.07) is 17.1. The summed E-state index contributed by atoms with van der Waals surface area (Å²) < 4.78 is 19.9. The minimum atomic E-state index is -0.375. The zero-order valence-electron chi connectivity index (χ0n) is 23.0. The second-order valence-corrected chi connectivity index (χ2v) is 10.1. The summed E-state index contributed by atoms with van der Waals surface area (Å²) in [5, 5.41) is 16.2. The van der Waals surface area contributed by atoms with Gasteiger partial charge in [-0.25, -0.2) is 4.39 Å². The highest BCUT2D eigenvalue weighted by Crippen LogP contribution is 2.41. The van der Waals surface area contributed by atoms with Crippen LogP contribution >= 0.6 is 0 Å². The Morgan fingerprint density at radius 2 is 1.75 bits per heavy atom. The van der Waals surface area contributed by atoms with Crippen LogP contribution in [0.3, 0.4) is 0 Å². The van der Waals surface area contributed by atoms with Gasteiger partial charge in [0.1, 0.15) is 17.2 Å². The Labute approximate surface area is 233 Å². The topological polar surface area (TPSA) is 94.8 Å². The molecule has 2 unspecified atom stereocenters. The van der Waals surface area contributed by atoms with Crippen LogP contribution in [0.25, 0.3) is 33.4 Å². The number of furan rings is 1. The van der Waals surface area contributed by atoms with Crippen LogP contribution in [0, 0.1) is 5.82 Å². The molecule has 0 aliphatic heterocycles. The number of anilines is 1. The van der Waals surface area contributed by atoms with Gasteiger partial charge in [-0.3, -0.25) is 9.59 Å². The Hall–Kier alpha value is -4.17. The molecule has 8 heteroatoms. The van der Waals surface area contributed by atoms with Crippen LogP contribution < -0.4 is 15.5 Å². The molecule has 1 aliphatic carbocycles. The average molecular weight is 544 g/mol. The summed E-state index contributed by atoms with van der Waals surface area (Å²) >= 11 is 0. The van der Waals surface area contributed by atoms with Crippen molar-refractivity contribution < 1.29 is 23.5 Å². The fraction of sp³-hybridized carbons (Fsp3) is 0.312. The molecular weight excluding hydrogens is 509 g/mol. The molecule has 1 fully saturated rings. The van der Waals surface area contributed by atoms with Crippen LogP contribution in [-0.2, 0) is 0 Å². The molecule has 5 rings (SSSR count). The fourth-order valence-corrected chi connectivity index (χ4v) is 5.53. The van der Waals surface area contributed by atoms with E-state index in [1.54, 1.807) is 25.2 Å². The van der Waals surface area contributed by atoms with Gasteiger partial charge in [0.2, 0.25) is 0 Å².